The molecular formula is C23H27N3O4. The van der Waals surface area contributed by atoms with Crippen LogP contribution in [0.25, 0.3) is 0 Å². The maximum Gasteiger partial charge on any atom is 0.415 e. The molecule has 0 bridgehead atoms. The number of benzene rings is 2. The fourth-order valence-electron chi connectivity index (χ4n) is 3.37. The van der Waals surface area contributed by atoms with E-state index >= 15 is 0 Å². The highest BCUT2D eigenvalue weighted by Crippen LogP contribution is 2.13. The summed E-state index contributed by atoms with van der Waals surface area (Å²) in [5, 5.41) is 2.73. The van der Waals surface area contributed by atoms with Crippen molar-refractivity contribution in [3.05, 3.63) is 66.2 Å². The highest BCUT2D eigenvalue weighted by molar-refractivity contribution is 5.99. The Bertz CT molecular complexity index is 857. The van der Waals surface area contributed by atoms with E-state index in [1.807, 2.05) is 36.1 Å². The van der Waals surface area contributed by atoms with Crippen LogP contribution in [0.2, 0.25) is 0 Å². The summed E-state index contributed by atoms with van der Waals surface area (Å²) in [4.78, 5) is 40.8. The lowest BCUT2D eigenvalue weighted by atomic mass is 10.1. The zero-order chi connectivity index (χ0) is 21.3. The maximum absolute atomic E-state index is 12.5. The topological polar surface area (TPSA) is 79.0 Å². The fourth-order valence-corrected chi connectivity index (χ4v) is 3.37. The number of hydrogen-bond acceptors (Lipinski definition) is 5. The Kier molecular flexibility index (Phi) is 7.57. The molecule has 158 valence electrons. The molecule has 0 aromatic heterocycles. The molecule has 2 aromatic rings. The zero-order valence-corrected chi connectivity index (χ0v) is 17.1. The number of carbonyl (C=O) groups is 3. The second-order valence-corrected chi connectivity index (χ2v) is 7.24. The van der Waals surface area contributed by atoms with E-state index in [-0.39, 0.29) is 24.3 Å². The van der Waals surface area contributed by atoms with E-state index in [0.717, 1.165) is 6.42 Å². The standard InChI is InChI=1S/C23H27N3O4/c1-18(22(28)24-17-21(27)19-9-4-2-5-10-19)25-13-8-14-26(16-15-25)23(29)30-20-11-6-3-7-12-20/h2-7,9-12,18H,8,13-17H2,1H3,(H,24,28). The maximum atomic E-state index is 12.5. The molecule has 1 heterocycles. The van der Waals surface area contributed by atoms with Crippen molar-refractivity contribution >= 4 is 17.8 Å². The van der Waals surface area contributed by atoms with Gasteiger partial charge in [0.2, 0.25) is 5.91 Å². The summed E-state index contributed by atoms with van der Waals surface area (Å²) in [6.07, 6.45) is 0.360. The Morgan fingerprint density at radius 1 is 0.933 bits per heavy atom. The minimum absolute atomic E-state index is 0.0312. The molecule has 0 spiro atoms. The van der Waals surface area contributed by atoms with E-state index in [1.165, 1.54) is 0 Å². The van der Waals surface area contributed by atoms with Gasteiger partial charge in [-0.15, -0.1) is 0 Å². The van der Waals surface area contributed by atoms with Crippen molar-refractivity contribution in [1.29, 1.82) is 0 Å². The smallest absolute Gasteiger partial charge is 0.410 e. The zero-order valence-electron chi connectivity index (χ0n) is 17.1. The van der Waals surface area contributed by atoms with Crippen LogP contribution in [0.3, 0.4) is 0 Å². The van der Waals surface area contributed by atoms with Crippen LogP contribution in [0, 0.1) is 0 Å². The van der Waals surface area contributed by atoms with Gasteiger partial charge in [-0.2, -0.15) is 0 Å². The number of rotatable bonds is 6. The first kappa shape index (κ1) is 21.5. The van der Waals surface area contributed by atoms with Gasteiger partial charge in [0.15, 0.2) is 5.78 Å². The molecule has 0 aliphatic carbocycles. The highest BCUT2D eigenvalue weighted by atomic mass is 16.6. The van der Waals surface area contributed by atoms with Crippen LogP contribution < -0.4 is 10.1 Å². The van der Waals surface area contributed by atoms with Gasteiger partial charge in [-0.25, -0.2) is 4.79 Å². The summed E-state index contributed by atoms with van der Waals surface area (Å²) >= 11 is 0. The lowest BCUT2D eigenvalue weighted by Gasteiger charge is -2.26. The monoisotopic (exact) mass is 409 g/mol. The van der Waals surface area contributed by atoms with Gasteiger partial charge in [-0.05, 0) is 25.5 Å². The average Bonchev–Trinajstić information content (AvgIpc) is 3.04. The molecule has 7 heteroatoms. The number of nitrogens with zero attached hydrogens (tertiary/aromatic N) is 2. The first-order valence-corrected chi connectivity index (χ1v) is 10.2. The highest BCUT2D eigenvalue weighted by Gasteiger charge is 2.26. The number of nitrogens with one attached hydrogen (secondary N) is 1. The van der Waals surface area contributed by atoms with Crippen molar-refractivity contribution in [3.63, 3.8) is 0 Å². The molecule has 30 heavy (non-hydrogen) atoms. The van der Waals surface area contributed by atoms with Crippen molar-refractivity contribution in [1.82, 2.24) is 15.1 Å². The van der Waals surface area contributed by atoms with Crippen LogP contribution >= 0.6 is 0 Å². The molecule has 1 saturated heterocycles. The molecular weight excluding hydrogens is 382 g/mol. The van der Waals surface area contributed by atoms with Gasteiger partial charge in [0.1, 0.15) is 5.75 Å². The second kappa shape index (κ2) is 10.5. The quantitative estimate of drug-likeness (QED) is 0.742. The van der Waals surface area contributed by atoms with Gasteiger partial charge in [0, 0.05) is 31.7 Å². The summed E-state index contributed by atoms with van der Waals surface area (Å²) in [6, 6.07) is 17.5. The summed E-state index contributed by atoms with van der Waals surface area (Å²) in [6.45, 7) is 4.09. The van der Waals surface area contributed by atoms with Crippen LogP contribution in [0.15, 0.2) is 60.7 Å². The number of para-hydroxylation sites is 1. The van der Waals surface area contributed by atoms with Crippen molar-refractivity contribution < 1.29 is 19.1 Å². The third-order valence-electron chi connectivity index (χ3n) is 5.18. The Hall–Kier alpha value is -3.19. The van der Waals surface area contributed by atoms with E-state index in [4.69, 9.17) is 4.74 Å². The molecule has 1 atom stereocenters. The number of ether oxygens (including phenoxy) is 1. The second-order valence-electron chi connectivity index (χ2n) is 7.24. The minimum Gasteiger partial charge on any atom is -0.410 e. The first-order chi connectivity index (χ1) is 14.5. The number of Topliss-reactive ketones (excluding diaryl/α,β-unsaturated/α-hetero) is 1. The van der Waals surface area contributed by atoms with E-state index in [1.54, 1.807) is 41.3 Å². The van der Waals surface area contributed by atoms with Crippen LogP contribution in [0.5, 0.6) is 5.75 Å². The lowest BCUT2D eigenvalue weighted by Crippen LogP contribution is -2.47. The fraction of sp³-hybridized carbons (Fsp3) is 0.348. The molecule has 3 rings (SSSR count). The van der Waals surface area contributed by atoms with Crippen molar-refractivity contribution in [2.75, 3.05) is 32.7 Å². The van der Waals surface area contributed by atoms with Crippen LogP contribution in [-0.2, 0) is 4.79 Å². The van der Waals surface area contributed by atoms with Crippen LogP contribution in [-0.4, -0.2) is 66.3 Å². The number of carbonyl (C=O) groups excluding carboxylic acids is 3. The van der Waals surface area contributed by atoms with Gasteiger partial charge in [-0.3, -0.25) is 14.5 Å². The van der Waals surface area contributed by atoms with E-state index in [2.05, 4.69) is 5.32 Å². The SMILES string of the molecule is CC(C(=O)NCC(=O)c1ccccc1)N1CCCN(C(=O)Oc2ccccc2)CC1. The van der Waals surface area contributed by atoms with Gasteiger partial charge >= 0.3 is 6.09 Å². The molecule has 1 aliphatic rings. The Morgan fingerprint density at radius 3 is 2.30 bits per heavy atom. The Balaban J connectivity index is 1.47. The van der Waals surface area contributed by atoms with Gasteiger partial charge < -0.3 is 15.0 Å². The molecule has 1 fully saturated rings. The number of amides is 2. The third kappa shape index (κ3) is 5.90. The molecule has 7 nitrogen and oxygen atoms in total. The molecule has 2 aromatic carbocycles. The van der Waals surface area contributed by atoms with Gasteiger partial charge in [-0.1, -0.05) is 48.5 Å². The predicted octanol–water partition coefficient (Wildman–Crippen LogP) is 2.58. The molecule has 0 radical (unpaired) electrons. The lowest BCUT2D eigenvalue weighted by molar-refractivity contribution is -0.125. The van der Waals surface area contributed by atoms with Crippen molar-refractivity contribution in [3.8, 4) is 5.75 Å². The van der Waals surface area contributed by atoms with Crippen molar-refractivity contribution in [2.45, 2.75) is 19.4 Å². The molecule has 0 saturated carbocycles. The van der Waals surface area contributed by atoms with E-state index < -0.39 is 6.04 Å². The summed E-state index contributed by atoms with van der Waals surface area (Å²) < 4.78 is 5.41. The number of ketones is 1. The summed E-state index contributed by atoms with van der Waals surface area (Å²) in [5.41, 5.74) is 0.577. The molecule has 2 amide bonds. The largest absolute Gasteiger partial charge is 0.415 e. The summed E-state index contributed by atoms with van der Waals surface area (Å²) in [7, 11) is 0. The third-order valence-corrected chi connectivity index (χ3v) is 5.18. The molecule has 1 aliphatic heterocycles. The van der Waals surface area contributed by atoms with Crippen molar-refractivity contribution in [2.24, 2.45) is 0 Å². The van der Waals surface area contributed by atoms with Crippen LogP contribution in [0.1, 0.15) is 23.7 Å². The molecule has 1 N–H and O–H groups in total. The normalized spacial score (nSPS) is 15.7. The van der Waals surface area contributed by atoms with E-state index in [0.29, 0.717) is 37.5 Å². The van der Waals surface area contributed by atoms with Gasteiger partial charge in [0.05, 0.1) is 12.6 Å². The minimum atomic E-state index is -0.390. The average molecular weight is 409 g/mol. The van der Waals surface area contributed by atoms with Gasteiger partial charge in [0.25, 0.3) is 0 Å². The predicted molar refractivity (Wildman–Crippen MR) is 113 cm³/mol. The number of hydrogen-bond donors (Lipinski definition) is 1. The van der Waals surface area contributed by atoms with E-state index in [9.17, 15) is 14.4 Å². The molecule has 1 unspecified atom stereocenters. The Labute approximate surface area is 176 Å². The van der Waals surface area contributed by atoms with Crippen LogP contribution in [0.4, 0.5) is 4.79 Å². The summed E-state index contributed by atoms with van der Waals surface area (Å²) in [5.74, 6) is 0.195. The first-order valence-electron chi connectivity index (χ1n) is 10.2. The Morgan fingerprint density at radius 2 is 1.60 bits per heavy atom.